The number of rotatable bonds is 2. The predicted octanol–water partition coefficient (Wildman–Crippen LogP) is 0.757. The summed E-state index contributed by atoms with van der Waals surface area (Å²) in [7, 11) is 1.35. The van der Waals surface area contributed by atoms with Gasteiger partial charge in [-0.25, -0.2) is 19.2 Å². The summed E-state index contributed by atoms with van der Waals surface area (Å²) >= 11 is 0. The Hall–Kier alpha value is -1.72. The number of hydrogen-bond donors (Lipinski definition) is 0. The van der Waals surface area contributed by atoms with Crippen molar-refractivity contribution in [2.24, 2.45) is 0 Å². The lowest BCUT2D eigenvalue weighted by atomic mass is 10.2. The Morgan fingerprint density at radius 2 is 2.25 bits per heavy atom. The zero-order valence-electron chi connectivity index (χ0n) is 8.89. The van der Waals surface area contributed by atoms with Gasteiger partial charge >= 0.3 is 5.97 Å². The van der Waals surface area contributed by atoms with Crippen LogP contribution in [0.4, 0.5) is 10.3 Å². The van der Waals surface area contributed by atoms with Crippen molar-refractivity contribution in [1.29, 1.82) is 0 Å². The second-order valence-corrected chi connectivity index (χ2v) is 3.58. The van der Waals surface area contributed by atoms with Gasteiger partial charge in [0, 0.05) is 6.54 Å². The number of aromatic nitrogens is 2. The molecule has 1 atom stereocenters. The monoisotopic (exact) mass is 225 g/mol. The molecule has 1 unspecified atom stereocenters. The Balaban J connectivity index is 2.19. The minimum atomic E-state index is -0.488. The molecule has 2 rings (SSSR count). The molecule has 1 aliphatic heterocycles. The lowest BCUT2D eigenvalue weighted by molar-refractivity contribution is -0.141. The van der Waals surface area contributed by atoms with Crippen LogP contribution in [0.3, 0.4) is 0 Å². The first-order valence-electron chi connectivity index (χ1n) is 5.04. The van der Waals surface area contributed by atoms with Gasteiger partial charge in [0.25, 0.3) is 0 Å². The summed E-state index contributed by atoms with van der Waals surface area (Å²) in [6.07, 6.45) is 3.78. The fraction of sp³-hybridized carbons (Fsp3) is 0.500. The maximum atomic E-state index is 12.7. The molecule has 0 amide bonds. The minimum Gasteiger partial charge on any atom is -0.467 e. The zero-order valence-corrected chi connectivity index (χ0v) is 8.89. The van der Waals surface area contributed by atoms with E-state index in [-0.39, 0.29) is 12.0 Å². The molecule has 6 heteroatoms. The van der Waals surface area contributed by atoms with Crippen LogP contribution in [0.1, 0.15) is 12.8 Å². The van der Waals surface area contributed by atoms with Crippen LogP contribution in [0.25, 0.3) is 0 Å². The van der Waals surface area contributed by atoms with Crippen LogP contribution in [0, 0.1) is 5.82 Å². The van der Waals surface area contributed by atoms with Crippen molar-refractivity contribution in [3.05, 3.63) is 18.2 Å². The number of carbonyl (C=O) groups is 1. The number of carbonyl (C=O) groups excluding carboxylic acids is 1. The number of esters is 1. The summed E-state index contributed by atoms with van der Waals surface area (Å²) in [4.78, 5) is 20.9. The number of halogens is 1. The molecule has 0 aromatic carbocycles. The van der Waals surface area contributed by atoms with Crippen molar-refractivity contribution in [2.45, 2.75) is 18.9 Å². The van der Waals surface area contributed by atoms with E-state index in [0.29, 0.717) is 18.9 Å². The normalized spacial score (nSPS) is 19.9. The maximum absolute atomic E-state index is 12.7. The van der Waals surface area contributed by atoms with E-state index in [0.717, 1.165) is 18.8 Å². The van der Waals surface area contributed by atoms with Crippen molar-refractivity contribution >= 4 is 11.9 Å². The molecule has 1 aromatic heterocycles. The number of hydrogen-bond acceptors (Lipinski definition) is 5. The van der Waals surface area contributed by atoms with E-state index in [2.05, 4.69) is 9.97 Å². The summed E-state index contributed by atoms with van der Waals surface area (Å²) in [5, 5.41) is 0. The van der Waals surface area contributed by atoms with Crippen LogP contribution >= 0.6 is 0 Å². The lowest BCUT2D eigenvalue weighted by Gasteiger charge is -2.21. The topological polar surface area (TPSA) is 55.3 Å². The average Bonchev–Trinajstić information content (AvgIpc) is 2.78. The SMILES string of the molecule is COC(=O)C1CCCN1c1ncc(F)cn1. The third-order valence-electron chi connectivity index (χ3n) is 2.59. The van der Waals surface area contributed by atoms with E-state index >= 15 is 0 Å². The van der Waals surface area contributed by atoms with Crippen LogP contribution in [-0.2, 0) is 9.53 Å². The molecule has 2 heterocycles. The largest absolute Gasteiger partial charge is 0.467 e. The van der Waals surface area contributed by atoms with Gasteiger partial charge in [0.05, 0.1) is 19.5 Å². The van der Waals surface area contributed by atoms with Crippen molar-refractivity contribution in [2.75, 3.05) is 18.6 Å². The molecule has 86 valence electrons. The summed E-state index contributed by atoms with van der Waals surface area (Å²) in [5.41, 5.74) is 0. The summed E-state index contributed by atoms with van der Waals surface area (Å²) in [6.45, 7) is 0.686. The molecule has 1 fully saturated rings. The molecule has 0 aliphatic carbocycles. The first-order chi connectivity index (χ1) is 7.72. The average molecular weight is 225 g/mol. The molecule has 5 nitrogen and oxygen atoms in total. The van der Waals surface area contributed by atoms with Crippen LogP contribution < -0.4 is 4.90 Å². The van der Waals surface area contributed by atoms with Gasteiger partial charge in [-0.2, -0.15) is 0 Å². The standard InChI is InChI=1S/C10H12FN3O2/c1-16-9(15)8-3-2-4-14(8)10-12-5-7(11)6-13-10/h5-6,8H,2-4H2,1H3. The van der Waals surface area contributed by atoms with Gasteiger partial charge in [0.2, 0.25) is 5.95 Å². The first kappa shape index (κ1) is 10.8. The maximum Gasteiger partial charge on any atom is 0.328 e. The van der Waals surface area contributed by atoms with Gasteiger partial charge in [-0.3, -0.25) is 0 Å². The van der Waals surface area contributed by atoms with E-state index in [1.54, 1.807) is 4.90 Å². The smallest absolute Gasteiger partial charge is 0.328 e. The van der Waals surface area contributed by atoms with Gasteiger partial charge in [-0.05, 0) is 12.8 Å². The summed E-state index contributed by atoms with van der Waals surface area (Å²) in [6, 6.07) is -0.351. The Kier molecular flexibility index (Phi) is 2.98. The first-order valence-corrected chi connectivity index (χ1v) is 5.04. The number of methoxy groups -OCH3 is 1. The van der Waals surface area contributed by atoms with E-state index in [1.807, 2.05) is 0 Å². The Labute approximate surface area is 92.3 Å². The number of anilines is 1. The zero-order chi connectivity index (χ0) is 11.5. The summed E-state index contributed by atoms with van der Waals surface area (Å²) in [5.74, 6) is -0.419. The van der Waals surface area contributed by atoms with Gasteiger partial charge in [-0.15, -0.1) is 0 Å². The molecule has 0 spiro atoms. The van der Waals surface area contributed by atoms with E-state index in [4.69, 9.17) is 4.74 Å². The molecule has 0 N–H and O–H groups in total. The molecule has 1 aliphatic rings. The van der Waals surface area contributed by atoms with Crippen molar-refractivity contribution in [3.63, 3.8) is 0 Å². The van der Waals surface area contributed by atoms with Gasteiger partial charge in [-0.1, -0.05) is 0 Å². The van der Waals surface area contributed by atoms with Crippen LogP contribution in [-0.4, -0.2) is 35.6 Å². The lowest BCUT2D eigenvalue weighted by Crippen LogP contribution is -2.37. The number of nitrogens with zero attached hydrogens (tertiary/aromatic N) is 3. The van der Waals surface area contributed by atoms with E-state index in [9.17, 15) is 9.18 Å². The fourth-order valence-electron chi connectivity index (χ4n) is 1.84. The van der Waals surface area contributed by atoms with Crippen LogP contribution in [0.2, 0.25) is 0 Å². The highest BCUT2D eigenvalue weighted by molar-refractivity contribution is 5.79. The molecular formula is C10H12FN3O2. The highest BCUT2D eigenvalue weighted by Crippen LogP contribution is 2.22. The van der Waals surface area contributed by atoms with E-state index in [1.165, 1.54) is 7.11 Å². The van der Waals surface area contributed by atoms with Crippen molar-refractivity contribution in [3.8, 4) is 0 Å². The second-order valence-electron chi connectivity index (χ2n) is 3.58. The highest BCUT2D eigenvalue weighted by atomic mass is 19.1. The molecule has 1 saturated heterocycles. The predicted molar refractivity (Wildman–Crippen MR) is 54.4 cm³/mol. The Morgan fingerprint density at radius 3 is 2.88 bits per heavy atom. The van der Waals surface area contributed by atoms with Crippen molar-refractivity contribution in [1.82, 2.24) is 9.97 Å². The highest BCUT2D eigenvalue weighted by Gasteiger charge is 2.33. The molecule has 1 aromatic rings. The van der Waals surface area contributed by atoms with Crippen molar-refractivity contribution < 1.29 is 13.9 Å². The third-order valence-corrected chi connectivity index (χ3v) is 2.59. The molecule has 0 saturated carbocycles. The van der Waals surface area contributed by atoms with E-state index < -0.39 is 5.82 Å². The van der Waals surface area contributed by atoms with Gasteiger partial charge < -0.3 is 9.64 Å². The Morgan fingerprint density at radius 1 is 1.56 bits per heavy atom. The van der Waals surface area contributed by atoms with Crippen LogP contribution in [0.5, 0.6) is 0 Å². The summed E-state index contributed by atoms with van der Waals surface area (Å²) < 4.78 is 17.4. The second kappa shape index (κ2) is 4.42. The molecule has 0 bridgehead atoms. The fourth-order valence-corrected chi connectivity index (χ4v) is 1.84. The van der Waals surface area contributed by atoms with Gasteiger partial charge in [0.15, 0.2) is 5.82 Å². The minimum absolute atomic E-state index is 0.301. The Bertz CT molecular complexity index is 382. The molecule has 0 radical (unpaired) electrons. The quantitative estimate of drug-likeness (QED) is 0.695. The number of ether oxygens (including phenoxy) is 1. The molecule has 16 heavy (non-hydrogen) atoms. The van der Waals surface area contributed by atoms with Crippen LogP contribution in [0.15, 0.2) is 12.4 Å². The third kappa shape index (κ3) is 1.95. The molecular weight excluding hydrogens is 213 g/mol. The van der Waals surface area contributed by atoms with Gasteiger partial charge in [0.1, 0.15) is 6.04 Å².